The standard InChI is InChI=1S/C10H11FINO2/c1-5(11)7-3-9(13)8(10(14)15)2-6(7)4-12/h2-3,5H,4,13H2,1H3,(H,14,15). The highest BCUT2D eigenvalue weighted by atomic mass is 127. The number of nitrogens with two attached hydrogens (primary N) is 1. The number of aromatic carboxylic acids is 1. The zero-order valence-electron chi connectivity index (χ0n) is 8.13. The van der Waals surface area contributed by atoms with Crippen LogP contribution in [0.25, 0.3) is 0 Å². The molecule has 0 aliphatic carbocycles. The molecule has 1 unspecified atom stereocenters. The summed E-state index contributed by atoms with van der Waals surface area (Å²) in [6.07, 6.45) is -1.14. The van der Waals surface area contributed by atoms with Crippen LogP contribution >= 0.6 is 22.6 Å². The summed E-state index contributed by atoms with van der Waals surface area (Å²) in [5.74, 6) is -1.09. The first kappa shape index (κ1) is 12.2. The van der Waals surface area contributed by atoms with Crippen molar-refractivity contribution >= 4 is 34.2 Å². The summed E-state index contributed by atoms with van der Waals surface area (Å²) in [5.41, 5.74) is 6.82. The Morgan fingerprint density at radius 3 is 2.67 bits per heavy atom. The van der Waals surface area contributed by atoms with Gasteiger partial charge in [-0.05, 0) is 30.2 Å². The number of rotatable bonds is 3. The lowest BCUT2D eigenvalue weighted by molar-refractivity contribution is 0.0698. The van der Waals surface area contributed by atoms with Crippen molar-refractivity contribution in [1.82, 2.24) is 0 Å². The van der Waals surface area contributed by atoms with Crippen LogP contribution < -0.4 is 5.73 Å². The van der Waals surface area contributed by atoms with Crippen molar-refractivity contribution in [1.29, 1.82) is 0 Å². The minimum absolute atomic E-state index is 0.0334. The number of nitrogen functional groups attached to an aromatic ring is 1. The Balaban J connectivity index is 3.35. The van der Waals surface area contributed by atoms with E-state index in [4.69, 9.17) is 10.8 Å². The van der Waals surface area contributed by atoms with Gasteiger partial charge >= 0.3 is 5.97 Å². The second kappa shape index (κ2) is 4.78. The zero-order chi connectivity index (χ0) is 11.6. The molecule has 0 saturated carbocycles. The topological polar surface area (TPSA) is 63.3 Å². The van der Waals surface area contributed by atoms with Crippen molar-refractivity contribution < 1.29 is 14.3 Å². The second-order valence-corrected chi connectivity index (χ2v) is 3.96. The highest BCUT2D eigenvalue weighted by molar-refractivity contribution is 14.1. The Morgan fingerprint density at radius 1 is 1.67 bits per heavy atom. The molecular weight excluding hydrogens is 312 g/mol. The normalized spacial score (nSPS) is 12.5. The van der Waals surface area contributed by atoms with Crippen LogP contribution in [0.4, 0.5) is 10.1 Å². The van der Waals surface area contributed by atoms with Gasteiger partial charge in [-0.2, -0.15) is 0 Å². The van der Waals surface area contributed by atoms with Crippen molar-refractivity contribution in [3.05, 3.63) is 28.8 Å². The summed E-state index contributed by atoms with van der Waals surface area (Å²) in [7, 11) is 0. The molecule has 0 saturated heterocycles. The molecule has 5 heteroatoms. The van der Waals surface area contributed by atoms with E-state index in [-0.39, 0.29) is 11.3 Å². The van der Waals surface area contributed by atoms with Crippen LogP contribution in [0.5, 0.6) is 0 Å². The Kier molecular flexibility index (Phi) is 3.90. The number of hydrogen-bond acceptors (Lipinski definition) is 2. The molecule has 3 nitrogen and oxygen atoms in total. The van der Waals surface area contributed by atoms with Crippen LogP contribution in [0.1, 0.15) is 34.6 Å². The van der Waals surface area contributed by atoms with Crippen molar-refractivity contribution in [2.24, 2.45) is 0 Å². The van der Waals surface area contributed by atoms with Gasteiger partial charge in [-0.15, -0.1) is 0 Å². The lowest BCUT2D eigenvalue weighted by Crippen LogP contribution is -2.06. The molecule has 15 heavy (non-hydrogen) atoms. The fourth-order valence-electron chi connectivity index (χ4n) is 1.35. The predicted molar refractivity (Wildman–Crippen MR) is 65.1 cm³/mol. The molecule has 0 amide bonds. The molecule has 0 aliphatic rings. The summed E-state index contributed by atoms with van der Waals surface area (Å²) in [6.45, 7) is 1.41. The van der Waals surface area contributed by atoms with E-state index in [9.17, 15) is 9.18 Å². The molecule has 0 bridgehead atoms. The van der Waals surface area contributed by atoms with Gasteiger partial charge in [-0.25, -0.2) is 9.18 Å². The van der Waals surface area contributed by atoms with Crippen molar-refractivity contribution in [2.75, 3.05) is 5.73 Å². The molecule has 0 radical (unpaired) electrons. The molecule has 0 heterocycles. The summed E-state index contributed by atoms with van der Waals surface area (Å²) >= 11 is 2.06. The number of benzene rings is 1. The van der Waals surface area contributed by atoms with E-state index < -0.39 is 12.1 Å². The smallest absolute Gasteiger partial charge is 0.337 e. The molecule has 0 spiro atoms. The first-order chi connectivity index (χ1) is 6.97. The summed E-state index contributed by atoms with van der Waals surface area (Å²) in [4.78, 5) is 10.8. The number of hydrogen-bond donors (Lipinski definition) is 2. The maximum Gasteiger partial charge on any atom is 0.337 e. The minimum Gasteiger partial charge on any atom is -0.478 e. The van der Waals surface area contributed by atoms with Gasteiger partial charge in [-0.3, -0.25) is 0 Å². The van der Waals surface area contributed by atoms with Gasteiger partial charge in [0.25, 0.3) is 0 Å². The van der Waals surface area contributed by atoms with Gasteiger partial charge in [-0.1, -0.05) is 22.6 Å². The van der Waals surface area contributed by atoms with Gasteiger partial charge in [0.1, 0.15) is 6.17 Å². The Hall–Kier alpha value is -0.850. The van der Waals surface area contributed by atoms with Crippen molar-refractivity contribution in [3.63, 3.8) is 0 Å². The first-order valence-corrected chi connectivity index (χ1v) is 5.85. The number of carboxylic acids is 1. The van der Waals surface area contributed by atoms with Crippen LogP contribution in [0, 0.1) is 0 Å². The van der Waals surface area contributed by atoms with Crippen LogP contribution in [0.3, 0.4) is 0 Å². The van der Waals surface area contributed by atoms with E-state index in [0.29, 0.717) is 15.6 Å². The summed E-state index contributed by atoms with van der Waals surface area (Å²) in [5, 5.41) is 8.84. The lowest BCUT2D eigenvalue weighted by Gasteiger charge is -2.11. The van der Waals surface area contributed by atoms with Gasteiger partial charge in [0, 0.05) is 10.1 Å². The monoisotopic (exact) mass is 323 g/mol. The van der Waals surface area contributed by atoms with Crippen LogP contribution in [-0.2, 0) is 4.43 Å². The molecule has 1 aromatic rings. The van der Waals surface area contributed by atoms with Crippen LogP contribution in [0.15, 0.2) is 12.1 Å². The molecule has 1 atom stereocenters. The predicted octanol–water partition coefficient (Wildman–Crippen LogP) is 2.93. The minimum atomic E-state index is -1.14. The fourth-order valence-corrected chi connectivity index (χ4v) is 2.01. The molecule has 3 N–H and O–H groups in total. The fraction of sp³-hybridized carbons (Fsp3) is 0.300. The molecular formula is C10H11FINO2. The van der Waals surface area contributed by atoms with Crippen LogP contribution in [-0.4, -0.2) is 11.1 Å². The Labute approximate surface area is 101 Å². The number of carbonyl (C=O) groups is 1. The zero-order valence-corrected chi connectivity index (χ0v) is 10.3. The third-order valence-electron chi connectivity index (χ3n) is 2.11. The van der Waals surface area contributed by atoms with Crippen LogP contribution in [0.2, 0.25) is 0 Å². The van der Waals surface area contributed by atoms with Gasteiger partial charge < -0.3 is 10.8 Å². The molecule has 0 aliphatic heterocycles. The largest absolute Gasteiger partial charge is 0.478 e. The average molecular weight is 323 g/mol. The van der Waals surface area contributed by atoms with E-state index in [0.717, 1.165) is 0 Å². The van der Waals surface area contributed by atoms with Gasteiger partial charge in [0.05, 0.1) is 5.56 Å². The van der Waals surface area contributed by atoms with E-state index in [1.165, 1.54) is 19.1 Å². The lowest BCUT2D eigenvalue weighted by atomic mass is 10.0. The highest BCUT2D eigenvalue weighted by Crippen LogP contribution is 2.28. The van der Waals surface area contributed by atoms with Crippen molar-refractivity contribution in [3.8, 4) is 0 Å². The van der Waals surface area contributed by atoms with Gasteiger partial charge in [0.2, 0.25) is 0 Å². The third kappa shape index (κ3) is 2.58. The molecule has 82 valence electrons. The van der Waals surface area contributed by atoms with Crippen molar-refractivity contribution in [2.45, 2.75) is 17.5 Å². The maximum absolute atomic E-state index is 13.2. The number of halogens is 2. The Bertz CT molecular complexity index is 393. The SMILES string of the molecule is CC(F)c1cc(N)c(C(=O)O)cc1CI. The maximum atomic E-state index is 13.2. The quantitative estimate of drug-likeness (QED) is 0.511. The van der Waals surface area contributed by atoms with E-state index >= 15 is 0 Å². The molecule has 0 aromatic heterocycles. The Morgan fingerprint density at radius 2 is 2.27 bits per heavy atom. The van der Waals surface area contributed by atoms with Gasteiger partial charge in [0.15, 0.2) is 0 Å². The highest BCUT2D eigenvalue weighted by Gasteiger charge is 2.15. The molecule has 1 aromatic carbocycles. The van der Waals surface area contributed by atoms with E-state index in [1.807, 2.05) is 0 Å². The van der Waals surface area contributed by atoms with E-state index in [1.54, 1.807) is 0 Å². The third-order valence-corrected chi connectivity index (χ3v) is 2.94. The van der Waals surface area contributed by atoms with E-state index in [2.05, 4.69) is 22.6 Å². The average Bonchev–Trinajstić information content (AvgIpc) is 2.16. The number of anilines is 1. The first-order valence-electron chi connectivity index (χ1n) is 4.33. The number of carboxylic acid groups (broad SMARTS) is 1. The summed E-state index contributed by atoms with van der Waals surface area (Å²) < 4.78 is 13.7. The molecule has 1 rings (SSSR count). The summed E-state index contributed by atoms with van der Waals surface area (Å²) in [6, 6.07) is 2.84. The number of alkyl halides is 2. The second-order valence-electron chi connectivity index (χ2n) is 3.19. The molecule has 0 fully saturated rings.